The fourth-order valence-corrected chi connectivity index (χ4v) is 4.05. The van der Waals surface area contributed by atoms with E-state index in [1.165, 1.54) is 10.2 Å². The molecule has 0 radical (unpaired) electrons. The van der Waals surface area contributed by atoms with Gasteiger partial charge in [-0.2, -0.15) is 5.10 Å². The molecule has 2 heterocycles. The smallest absolute Gasteiger partial charge is 0.275 e. The van der Waals surface area contributed by atoms with Crippen molar-refractivity contribution >= 4 is 22.8 Å². The second kappa shape index (κ2) is 9.92. The summed E-state index contributed by atoms with van der Waals surface area (Å²) in [7, 11) is 0. The van der Waals surface area contributed by atoms with Gasteiger partial charge in [-0.25, -0.2) is 4.68 Å². The topological polar surface area (TPSA) is 58.4 Å². The Morgan fingerprint density at radius 3 is 2.31 bits per heavy atom. The van der Waals surface area contributed by atoms with Crippen molar-refractivity contribution in [2.24, 2.45) is 5.92 Å². The fraction of sp³-hybridized carbons (Fsp3) is 0.346. The monoisotopic (exact) mass is 430 g/mol. The van der Waals surface area contributed by atoms with Crippen molar-refractivity contribution in [2.45, 2.75) is 20.4 Å². The van der Waals surface area contributed by atoms with Gasteiger partial charge in [-0.15, -0.1) is 0 Å². The van der Waals surface area contributed by atoms with Crippen LogP contribution >= 0.6 is 0 Å². The summed E-state index contributed by atoms with van der Waals surface area (Å²) >= 11 is 0. The van der Waals surface area contributed by atoms with E-state index in [0.29, 0.717) is 36.1 Å². The van der Waals surface area contributed by atoms with Crippen LogP contribution in [0.5, 0.6) is 0 Å². The van der Waals surface area contributed by atoms with Gasteiger partial charge in [-0.1, -0.05) is 74.5 Å². The predicted molar refractivity (Wildman–Crippen MR) is 129 cm³/mol. The van der Waals surface area contributed by atoms with Crippen molar-refractivity contribution < 1.29 is 4.79 Å². The zero-order chi connectivity index (χ0) is 22.5. The number of carbonyl (C=O) groups excluding carboxylic acids is 1. The SMILES string of the molecule is CC(C)Cn1nc(C(=O)N2CCN(C/C=C/c3ccccc3)CC2)c2ccccc2c1=O. The minimum atomic E-state index is -0.138. The van der Waals surface area contributed by atoms with Crippen LogP contribution in [0, 0.1) is 5.92 Å². The Kier molecular flexibility index (Phi) is 6.81. The van der Waals surface area contributed by atoms with E-state index in [4.69, 9.17) is 0 Å². The van der Waals surface area contributed by atoms with E-state index in [1.54, 1.807) is 6.07 Å². The predicted octanol–water partition coefficient (Wildman–Crippen LogP) is 3.52. The third-order valence-corrected chi connectivity index (χ3v) is 5.74. The highest BCUT2D eigenvalue weighted by Crippen LogP contribution is 2.17. The molecule has 4 rings (SSSR count). The lowest BCUT2D eigenvalue weighted by atomic mass is 10.1. The molecule has 6 heteroatoms. The average Bonchev–Trinajstić information content (AvgIpc) is 2.81. The van der Waals surface area contributed by atoms with E-state index in [9.17, 15) is 9.59 Å². The van der Waals surface area contributed by atoms with Crippen molar-refractivity contribution in [3.8, 4) is 0 Å². The number of aromatic nitrogens is 2. The van der Waals surface area contributed by atoms with Crippen LogP contribution in [0.15, 0.2) is 65.5 Å². The van der Waals surface area contributed by atoms with E-state index < -0.39 is 0 Å². The number of amides is 1. The van der Waals surface area contributed by atoms with E-state index in [1.807, 2.05) is 55.1 Å². The number of hydrogen-bond acceptors (Lipinski definition) is 4. The van der Waals surface area contributed by atoms with Gasteiger partial charge < -0.3 is 4.90 Å². The highest BCUT2D eigenvalue weighted by atomic mass is 16.2. The summed E-state index contributed by atoms with van der Waals surface area (Å²) in [4.78, 5) is 30.4. The normalized spacial score (nSPS) is 15.2. The summed E-state index contributed by atoms with van der Waals surface area (Å²) in [6, 6.07) is 17.5. The molecule has 0 spiro atoms. The maximum atomic E-state index is 13.4. The molecule has 0 aliphatic carbocycles. The van der Waals surface area contributed by atoms with E-state index in [-0.39, 0.29) is 17.4 Å². The highest BCUT2D eigenvalue weighted by Gasteiger charge is 2.25. The first kappa shape index (κ1) is 22.0. The molecule has 0 unspecified atom stereocenters. The second-order valence-corrected chi connectivity index (χ2v) is 8.68. The molecule has 1 aromatic heterocycles. The first-order valence-electron chi connectivity index (χ1n) is 11.3. The zero-order valence-corrected chi connectivity index (χ0v) is 18.8. The minimum absolute atomic E-state index is 0.0989. The number of nitrogens with zero attached hydrogens (tertiary/aromatic N) is 4. The molecule has 32 heavy (non-hydrogen) atoms. The summed E-state index contributed by atoms with van der Waals surface area (Å²) in [6.07, 6.45) is 4.30. The van der Waals surface area contributed by atoms with Crippen molar-refractivity contribution in [3.05, 3.63) is 82.3 Å². The largest absolute Gasteiger partial charge is 0.335 e. The lowest BCUT2D eigenvalue weighted by Crippen LogP contribution is -2.49. The zero-order valence-electron chi connectivity index (χ0n) is 18.8. The first-order valence-corrected chi connectivity index (χ1v) is 11.3. The molecule has 1 aliphatic rings. The van der Waals surface area contributed by atoms with Gasteiger partial charge in [0.25, 0.3) is 11.5 Å². The van der Waals surface area contributed by atoms with Crippen molar-refractivity contribution in [1.29, 1.82) is 0 Å². The van der Waals surface area contributed by atoms with Crippen LogP contribution in [0.3, 0.4) is 0 Å². The summed E-state index contributed by atoms with van der Waals surface area (Å²) in [5.41, 5.74) is 1.43. The molecule has 0 bridgehead atoms. The molecule has 1 saturated heterocycles. The van der Waals surface area contributed by atoms with Gasteiger partial charge in [0.2, 0.25) is 0 Å². The van der Waals surface area contributed by atoms with Crippen molar-refractivity contribution in [2.75, 3.05) is 32.7 Å². The summed E-state index contributed by atoms with van der Waals surface area (Å²) in [5.74, 6) is 0.162. The fourth-order valence-electron chi connectivity index (χ4n) is 4.05. The maximum absolute atomic E-state index is 13.4. The van der Waals surface area contributed by atoms with Crippen LogP contribution in [0.4, 0.5) is 0 Å². The van der Waals surface area contributed by atoms with Crippen molar-refractivity contribution in [1.82, 2.24) is 19.6 Å². The Balaban J connectivity index is 1.46. The first-order chi connectivity index (χ1) is 15.5. The molecule has 0 saturated carbocycles. The molecule has 166 valence electrons. The highest BCUT2D eigenvalue weighted by molar-refractivity contribution is 6.04. The van der Waals surface area contributed by atoms with Crippen LogP contribution in [0.2, 0.25) is 0 Å². The Bertz CT molecular complexity index is 1160. The van der Waals surface area contributed by atoms with Crippen LogP contribution in [0.1, 0.15) is 29.9 Å². The van der Waals surface area contributed by atoms with Gasteiger partial charge >= 0.3 is 0 Å². The van der Waals surface area contributed by atoms with E-state index >= 15 is 0 Å². The number of carbonyl (C=O) groups is 1. The Morgan fingerprint density at radius 1 is 0.969 bits per heavy atom. The van der Waals surface area contributed by atoms with E-state index in [0.717, 1.165) is 19.6 Å². The maximum Gasteiger partial charge on any atom is 0.275 e. The molecule has 3 aromatic rings. The third kappa shape index (κ3) is 4.97. The molecule has 1 fully saturated rings. The van der Waals surface area contributed by atoms with Gasteiger partial charge in [-0.05, 0) is 17.5 Å². The van der Waals surface area contributed by atoms with Crippen LogP contribution in [-0.2, 0) is 6.54 Å². The van der Waals surface area contributed by atoms with Gasteiger partial charge in [0, 0.05) is 44.7 Å². The summed E-state index contributed by atoms with van der Waals surface area (Å²) in [6.45, 7) is 8.35. The molecule has 2 aromatic carbocycles. The molecule has 1 aliphatic heterocycles. The Morgan fingerprint density at radius 2 is 1.62 bits per heavy atom. The third-order valence-electron chi connectivity index (χ3n) is 5.74. The van der Waals surface area contributed by atoms with Gasteiger partial charge in [-0.3, -0.25) is 14.5 Å². The second-order valence-electron chi connectivity index (χ2n) is 8.68. The van der Waals surface area contributed by atoms with Gasteiger partial charge in [0.05, 0.1) is 5.39 Å². The number of fused-ring (bicyclic) bond motifs is 1. The molecular weight excluding hydrogens is 400 g/mol. The van der Waals surface area contributed by atoms with Gasteiger partial charge in [0.1, 0.15) is 0 Å². The molecule has 0 N–H and O–H groups in total. The minimum Gasteiger partial charge on any atom is -0.335 e. The number of hydrogen-bond donors (Lipinski definition) is 0. The lowest BCUT2D eigenvalue weighted by molar-refractivity contribution is 0.0643. The number of benzene rings is 2. The Hall–Kier alpha value is -3.25. The van der Waals surface area contributed by atoms with Crippen LogP contribution < -0.4 is 5.56 Å². The van der Waals surface area contributed by atoms with Crippen LogP contribution in [0.25, 0.3) is 16.8 Å². The lowest BCUT2D eigenvalue weighted by Gasteiger charge is -2.34. The molecule has 1 amide bonds. The molecular formula is C26H30N4O2. The molecule has 0 atom stereocenters. The van der Waals surface area contributed by atoms with Crippen LogP contribution in [-0.4, -0.2) is 58.2 Å². The standard InChI is InChI=1S/C26H30N4O2/c1-20(2)19-30-25(31)23-13-7-6-12-22(23)24(27-30)26(32)29-17-15-28(16-18-29)14-8-11-21-9-4-3-5-10-21/h3-13,20H,14-19H2,1-2H3/b11-8+. The Labute approximate surface area is 188 Å². The number of piperazine rings is 1. The number of rotatable bonds is 6. The van der Waals surface area contributed by atoms with E-state index in [2.05, 4.69) is 34.3 Å². The van der Waals surface area contributed by atoms with Crippen molar-refractivity contribution in [3.63, 3.8) is 0 Å². The average molecular weight is 431 g/mol. The summed E-state index contributed by atoms with van der Waals surface area (Å²) in [5, 5.41) is 5.69. The van der Waals surface area contributed by atoms with Gasteiger partial charge in [0.15, 0.2) is 5.69 Å². The quantitative estimate of drug-likeness (QED) is 0.600. The molecule has 6 nitrogen and oxygen atoms in total. The summed E-state index contributed by atoms with van der Waals surface area (Å²) < 4.78 is 1.45.